The molecule has 0 atom stereocenters. The molecule has 1 saturated carbocycles. The molecule has 0 aliphatic heterocycles. The van der Waals surface area contributed by atoms with Gasteiger partial charge in [-0.05, 0) is 34.7 Å². The van der Waals surface area contributed by atoms with Crippen LogP contribution in [-0.4, -0.2) is 16.5 Å². The highest BCUT2D eigenvalue weighted by molar-refractivity contribution is 9.10. The Labute approximate surface area is 96.6 Å². The van der Waals surface area contributed by atoms with Gasteiger partial charge in [0, 0.05) is 6.54 Å². The second-order valence-corrected chi connectivity index (χ2v) is 4.70. The first-order valence-corrected chi connectivity index (χ1v) is 6.03. The van der Waals surface area contributed by atoms with Crippen molar-refractivity contribution in [3.8, 4) is 0 Å². The minimum Gasteiger partial charge on any atom is -0.369 e. The highest BCUT2D eigenvalue weighted by Gasteiger charge is 2.19. The predicted molar refractivity (Wildman–Crippen MR) is 63.0 cm³/mol. The van der Waals surface area contributed by atoms with Crippen LogP contribution in [0.3, 0.4) is 0 Å². The van der Waals surface area contributed by atoms with Crippen LogP contribution in [-0.2, 0) is 0 Å². The molecule has 0 amide bonds. The average molecular weight is 272 g/mol. The Bertz CT molecular complexity index is 386. The zero-order valence-electron chi connectivity index (χ0n) is 8.42. The molecule has 82 valence electrons. The largest absolute Gasteiger partial charge is 0.369 e. The van der Waals surface area contributed by atoms with Crippen molar-refractivity contribution in [2.75, 3.05) is 11.9 Å². The van der Waals surface area contributed by atoms with E-state index in [2.05, 4.69) is 31.2 Å². The molecular weight excluding hydrogens is 258 g/mol. The summed E-state index contributed by atoms with van der Waals surface area (Å²) in [6, 6.07) is 0. The quantitative estimate of drug-likeness (QED) is 0.807. The van der Waals surface area contributed by atoms with Gasteiger partial charge < -0.3 is 10.3 Å². The topological polar surface area (TPSA) is 57.8 Å². The molecule has 2 rings (SSSR count). The number of aromatic nitrogens is 2. The van der Waals surface area contributed by atoms with Gasteiger partial charge >= 0.3 is 0 Å². The van der Waals surface area contributed by atoms with Gasteiger partial charge in [-0.15, -0.1) is 0 Å². The van der Waals surface area contributed by atoms with Crippen molar-refractivity contribution in [1.29, 1.82) is 0 Å². The Kier molecular flexibility index (Phi) is 3.41. The summed E-state index contributed by atoms with van der Waals surface area (Å²) in [4.78, 5) is 17.8. The predicted octanol–water partition coefficient (Wildman–Crippen LogP) is 2.13. The summed E-state index contributed by atoms with van der Waals surface area (Å²) in [5.74, 6) is 1.59. The molecule has 15 heavy (non-hydrogen) atoms. The normalized spacial score (nSPS) is 15.3. The summed E-state index contributed by atoms with van der Waals surface area (Å²) in [5.41, 5.74) is -0.144. The number of halogens is 1. The molecule has 5 heteroatoms. The maximum atomic E-state index is 11.2. The van der Waals surface area contributed by atoms with Crippen molar-refractivity contribution < 1.29 is 0 Å². The third-order valence-electron chi connectivity index (χ3n) is 2.58. The summed E-state index contributed by atoms with van der Waals surface area (Å²) < 4.78 is 0.483. The Morgan fingerprint density at radius 2 is 2.40 bits per heavy atom. The average Bonchev–Trinajstić information content (AvgIpc) is 3.02. The van der Waals surface area contributed by atoms with Gasteiger partial charge in [0.05, 0.1) is 6.33 Å². The summed E-state index contributed by atoms with van der Waals surface area (Å²) >= 11 is 3.20. The van der Waals surface area contributed by atoms with Gasteiger partial charge in [0.25, 0.3) is 5.56 Å². The van der Waals surface area contributed by atoms with E-state index < -0.39 is 0 Å². The van der Waals surface area contributed by atoms with Crippen molar-refractivity contribution in [2.45, 2.75) is 25.7 Å². The standard InChI is InChI=1S/C10H14BrN3O/c11-8-9(13-6-14-10(8)15)12-5-1-2-7-3-4-7/h6-7H,1-5H2,(H2,12,13,14,15). The zero-order chi connectivity index (χ0) is 10.7. The Morgan fingerprint density at radius 3 is 3.13 bits per heavy atom. The van der Waals surface area contributed by atoms with Crippen LogP contribution in [0.5, 0.6) is 0 Å². The second kappa shape index (κ2) is 4.79. The number of hydrogen-bond acceptors (Lipinski definition) is 3. The second-order valence-electron chi connectivity index (χ2n) is 3.91. The fraction of sp³-hybridized carbons (Fsp3) is 0.600. The number of nitrogens with zero attached hydrogens (tertiary/aromatic N) is 1. The lowest BCUT2D eigenvalue weighted by Gasteiger charge is -2.05. The lowest BCUT2D eigenvalue weighted by Crippen LogP contribution is -2.12. The van der Waals surface area contributed by atoms with E-state index in [9.17, 15) is 4.79 Å². The maximum absolute atomic E-state index is 11.2. The number of hydrogen-bond donors (Lipinski definition) is 2. The molecule has 0 saturated heterocycles. The third kappa shape index (κ3) is 3.06. The minimum atomic E-state index is -0.144. The van der Waals surface area contributed by atoms with E-state index in [1.807, 2.05) is 0 Å². The molecular formula is C10H14BrN3O. The van der Waals surface area contributed by atoms with Gasteiger partial charge in [0.2, 0.25) is 0 Å². The molecule has 0 spiro atoms. The van der Waals surface area contributed by atoms with Crippen molar-refractivity contribution in [2.24, 2.45) is 5.92 Å². The molecule has 0 radical (unpaired) electrons. The van der Waals surface area contributed by atoms with E-state index >= 15 is 0 Å². The summed E-state index contributed by atoms with van der Waals surface area (Å²) in [6.07, 6.45) is 6.63. The Hall–Kier alpha value is -0.840. The number of rotatable bonds is 5. The molecule has 1 aromatic heterocycles. The SMILES string of the molecule is O=c1[nH]cnc(NCCCC2CC2)c1Br. The monoisotopic (exact) mass is 271 g/mol. The van der Waals surface area contributed by atoms with Gasteiger partial charge in [-0.25, -0.2) is 4.98 Å². The van der Waals surface area contributed by atoms with Gasteiger partial charge in [-0.1, -0.05) is 12.8 Å². The maximum Gasteiger partial charge on any atom is 0.267 e. The van der Waals surface area contributed by atoms with Crippen LogP contribution in [0.2, 0.25) is 0 Å². The van der Waals surface area contributed by atoms with Crippen LogP contribution in [0.4, 0.5) is 5.82 Å². The molecule has 1 aliphatic rings. The Morgan fingerprint density at radius 1 is 1.60 bits per heavy atom. The van der Waals surface area contributed by atoms with Crippen LogP contribution < -0.4 is 10.9 Å². The number of nitrogens with one attached hydrogen (secondary N) is 2. The van der Waals surface area contributed by atoms with Gasteiger partial charge in [-0.2, -0.15) is 0 Å². The van der Waals surface area contributed by atoms with Gasteiger partial charge in [0.1, 0.15) is 10.3 Å². The van der Waals surface area contributed by atoms with Crippen LogP contribution in [0.1, 0.15) is 25.7 Å². The van der Waals surface area contributed by atoms with E-state index in [4.69, 9.17) is 0 Å². The third-order valence-corrected chi connectivity index (χ3v) is 3.31. The minimum absolute atomic E-state index is 0.144. The molecule has 2 N–H and O–H groups in total. The van der Waals surface area contributed by atoms with Crippen LogP contribution >= 0.6 is 15.9 Å². The number of H-pyrrole nitrogens is 1. The molecule has 4 nitrogen and oxygen atoms in total. The van der Waals surface area contributed by atoms with Crippen molar-refractivity contribution >= 4 is 21.7 Å². The van der Waals surface area contributed by atoms with Crippen LogP contribution in [0.15, 0.2) is 15.6 Å². The molecule has 0 aromatic carbocycles. The van der Waals surface area contributed by atoms with E-state index in [0.717, 1.165) is 18.9 Å². The Balaban J connectivity index is 1.81. The molecule has 0 bridgehead atoms. The van der Waals surface area contributed by atoms with E-state index in [-0.39, 0.29) is 5.56 Å². The fourth-order valence-electron chi connectivity index (χ4n) is 1.51. The van der Waals surface area contributed by atoms with E-state index in [0.29, 0.717) is 10.3 Å². The highest BCUT2D eigenvalue weighted by Crippen LogP contribution is 2.33. The summed E-state index contributed by atoms with van der Waals surface area (Å²) in [7, 11) is 0. The molecule has 0 unspecified atom stereocenters. The lowest BCUT2D eigenvalue weighted by molar-refractivity contribution is 0.686. The van der Waals surface area contributed by atoms with E-state index in [1.165, 1.54) is 25.6 Å². The van der Waals surface area contributed by atoms with Crippen molar-refractivity contribution in [3.05, 3.63) is 21.2 Å². The first-order valence-electron chi connectivity index (χ1n) is 5.24. The fourth-order valence-corrected chi connectivity index (χ4v) is 1.87. The van der Waals surface area contributed by atoms with Crippen LogP contribution in [0, 0.1) is 5.92 Å². The number of anilines is 1. The first kappa shape index (κ1) is 10.7. The molecule has 1 fully saturated rings. The molecule has 1 heterocycles. The highest BCUT2D eigenvalue weighted by atomic mass is 79.9. The first-order chi connectivity index (χ1) is 7.27. The smallest absolute Gasteiger partial charge is 0.267 e. The van der Waals surface area contributed by atoms with Gasteiger partial charge in [-0.3, -0.25) is 4.79 Å². The van der Waals surface area contributed by atoms with Crippen molar-refractivity contribution in [1.82, 2.24) is 9.97 Å². The molecule has 1 aliphatic carbocycles. The number of aromatic amines is 1. The summed E-state index contributed by atoms with van der Waals surface area (Å²) in [5, 5.41) is 3.16. The van der Waals surface area contributed by atoms with Crippen LogP contribution in [0.25, 0.3) is 0 Å². The van der Waals surface area contributed by atoms with Crippen molar-refractivity contribution in [3.63, 3.8) is 0 Å². The summed E-state index contributed by atoms with van der Waals surface area (Å²) in [6.45, 7) is 0.881. The molecule has 1 aromatic rings. The van der Waals surface area contributed by atoms with Gasteiger partial charge in [0.15, 0.2) is 0 Å². The lowest BCUT2D eigenvalue weighted by atomic mass is 10.2. The van der Waals surface area contributed by atoms with E-state index in [1.54, 1.807) is 0 Å². The zero-order valence-corrected chi connectivity index (χ0v) is 10.0.